The van der Waals surface area contributed by atoms with Crippen LogP contribution < -0.4 is 5.32 Å². The number of carbonyl (C=O) groups excluding carboxylic acids is 3. The summed E-state index contributed by atoms with van der Waals surface area (Å²) in [5.74, 6) is -0.833. The third-order valence-corrected chi connectivity index (χ3v) is 3.76. The van der Waals surface area contributed by atoms with Gasteiger partial charge in [-0.25, -0.2) is 9.59 Å². The molecule has 8 heteroatoms. The number of esters is 1. The van der Waals surface area contributed by atoms with Gasteiger partial charge in [-0.3, -0.25) is 9.69 Å². The van der Waals surface area contributed by atoms with Crippen LogP contribution in [-0.4, -0.2) is 29.9 Å². The highest BCUT2D eigenvalue weighted by Crippen LogP contribution is 2.19. The van der Waals surface area contributed by atoms with Crippen LogP contribution in [0.3, 0.4) is 0 Å². The molecule has 2 aromatic rings. The fraction of sp³-hybridized carbons (Fsp3) is 0.118. The Morgan fingerprint density at radius 2 is 1.96 bits per heavy atom. The molecular formula is C17H13ClN2O5. The Morgan fingerprint density at radius 3 is 2.64 bits per heavy atom. The maximum Gasteiger partial charge on any atom is 0.373 e. The summed E-state index contributed by atoms with van der Waals surface area (Å²) in [6.45, 7) is -0.0976. The summed E-state index contributed by atoms with van der Waals surface area (Å²) in [6, 6.07) is 9.19. The lowest BCUT2D eigenvalue weighted by Crippen LogP contribution is -2.30. The molecule has 0 saturated carbocycles. The van der Waals surface area contributed by atoms with Crippen LogP contribution in [0.1, 0.15) is 21.9 Å². The first-order valence-corrected chi connectivity index (χ1v) is 7.63. The number of nitrogens with zero attached hydrogens (tertiary/aromatic N) is 1. The molecule has 1 aliphatic heterocycles. The molecule has 1 fully saturated rings. The van der Waals surface area contributed by atoms with Gasteiger partial charge in [-0.05, 0) is 35.9 Å². The number of benzene rings is 1. The van der Waals surface area contributed by atoms with Gasteiger partial charge in [0.25, 0.3) is 5.91 Å². The first kappa shape index (κ1) is 16.8. The van der Waals surface area contributed by atoms with Crippen LogP contribution in [0.2, 0.25) is 5.02 Å². The second-order valence-electron chi connectivity index (χ2n) is 5.19. The Bertz CT molecular complexity index is 869. The molecule has 1 aromatic carbocycles. The summed E-state index contributed by atoms with van der Waals surface area (Å²) in [5.41, 5.74) is 0.868. The molecule has 1 saturated heterocycles. The molecule has 0 bridgehead atoms. The highest BCUT2D eigenvalue weighted by atomic mass is 35.5. The molecule has 0 radical (unpaired) electrons. The number of rotatable bonds is 4. The summed E-state index contributed by atoms with van der Waals surface area (Å²) >= 11 is 5.82. The van der Waals surface area contributed by atoms with Gasteiger partial charge in [-0.2, -0.15) is 0 Å². The topological polar surface area (TPSA) is 88.9 Å². The van der Waals surface area contributed by atoms with E-state index < -0.39 is 17.9 Å². The number of hydrogen-bond donors (Lipinski definition) is 1. The Balaban J connectivity index is 1.76. The van der Waals surface area contributed by atoms with Crippen molar-refractivity contribution in [3.8, 4) is 0 Å². The predicted molar refractivity (Wildman–Crippen MR) is 88.6 cm³/mol. The molecule has 0 atom stereocenters. The SMILES string of the molecule is COC(=O)c1ccc(CN2C(=O)NC(=Cc3ccc(Cl)cc3)C2=O)o1. The van der Waals surface area contributed by atoms with Crippen LogP contribution >= 0.6 is 11.6 Å². The first-order valence-electron chi connectivity index (χ1n) is 7.25. The zero-order chi connectivity index (χ0) is 18.0. The van der Waals surface area contributed by atoms with E-state index in [1.807, 2.05) is 0 Å². The van der Waals surface area contributed by atoms with Gasteiger partial charge in [0, 0.05) is 5.02 Å². The summed E-state index contributed by atoms with van der Waals surface area (Å²) in [7, 11) is 1.23. The third-order valence-electron chi connectivity index (χ3n) is 3.51. The van der Waals surface area contributed by atoms with Crippen LogP contribution in [0.15, 0.2) is 46.5 Å². The molecule has 128 valence electrons. The summed E-state index contributed by atoms with van der Waals surface area (Å²) < 4.78 is 9.82. The van der Waals surface area contributed by atoms with Gasteiger partial charge in [0.15, 0.2) is 0 Å². The lowest BCUT2D eigenvalue weighted by Gasteiger charge is -2.09. The molecule has 7 nitrogen and oxygen atoms in total. The van der Waals surface area contributed by atoms with E-state index in [2.05, 4.69) is 10.1 Å². The van der Waals surface area contributed by atoms with Gasteiger partial charge in [0.1, 0.15) is 11.5 Å². The van der Waals surface area contributed by atoms with Gasteiger partial charge in [-0.15, -0.1) is 0 Å². The van der Waals surface area contributed by atoms with Crippen LogP contribution in [0.25, 0.3) is 6.08 Å². The van der Waals surface area contributed by atoms with E-state index in [0.29, 0.717) is 5.02 Å². The molecule has 3 amide bonds. The fourth-order valence-corrected chi connectivity index (χ4v) is 2.40. The van der Waals surface area contributed by atoms with Gasteiger partial charge in [-0.1, -0.05) is 23.7 Å². The van der Waals surface area contributed by atoms with E-state index in [1.54, 1.807) is 30.3 Å². The summed E-state index contributed by atoms with van der Waals surface area (Å²) in [6.07, 6.45) is 1.55. The predicted octanol–water partition coefficient (Wildman–Crippen LogP) is 2.81. The number of amides is 3. The number of hydrogen-bond acceptors (Lipinski definition) is 5. The van der Waals surface area contributed by atoms with E-state index in [0.717, 1.165) is 10.5 Å². The third kappa shape index (κ3) is 3.56. The monoisotopic (exact) mass is 360 g/mol. The Labute approximate surface area is 147 Å². The summed E-state index contributed by atoms with van der Waals surface area (Å²) in [4.78, 5) is 36.8. The Morgan fingerprint density at radius 1 is 1.24 bits per heavy atom. The number of urea groups is 1. The molecule has 1 aromatic heterocycles. The molecular weight excluding hydrogens is 348 g/mol. The molecule has 0 unspecified atom stereocenters. The molecule has 1 aliphatic rings. The zero-order valence-corrected chi connectivity index (χ0v) is 13.9. The van der Waals surface area contributed by atoms with Crippen LogP contribution in [0.5, 0.6) is 0 Å². The highest BCUT2D eigenvalue weighted by molar-refractivity contribution is 6.30. The largest absolute Gasteiger partial charge is 0.463 e. The minimum absolute atomic E-state index is 0.00137. The standard InChI is InChI=1S/C17H13ClN2O5/c1-24-16(22)14-7-6-12(25-14)9-20-15(21)13(19-17(20)23)8-10-2-4-11(18)5-3-10/h2-8H,9H2,1H3,(H,19,23). The van der Waals surface area contributed by atoms with E-state index >= 15 is 0 Å². The van der Waals surface area contributed by atoms with Gasteiger partial charge in [0.05, 0.1) is 13.7 Å². The van der Waals surface area contributed by atoms with E-state index in [9.17, 15) is 14.4 Å². The molecule has 2 heterocycles. The average molecular weight is 361 g/mol. The normalized spacial score (nSPS) is 15.6. The van der Waals surface area contributed by atoms with Gasteiger partial charge < -0.3 is 14.5 Å². The molecule has 25 heavy (non-hydrogen) atoms. The van der Waals surface area contributed by atoms with Gasteiger partial charge in [0.2, 0.25) is 5.76 Å². The quantitative estimate of drug-likeness (QED) is 0.514. The fourth-order valence-electron chi connectivity index (χ4n) is 2.27. The maximum absolute atomic E-state index is 12.4. The summed E-state index contributed by atoms with van der Waals surface area (Å²) in [5, 5.41) is 3.08. The van der Waals surface area contributed by atoms with Crippen molar-refractivity contribution < 1.29 is 23.5 Å². The van der Waals surface area contributed by atoms with Crippen molar-refractivity contribution in [3.05, 3.63) is 64.2 Å². The first-order chi connectivity index (χ1) is 12.0. The molecule has 1 N–H and O–H groups in total. The van der Waals surface area contributed by atoms with Crippen molar-refractivity contribution in [2.45, 2.75) is 6.54 Å². The Hall–Kier alpha value is -3.06. The number of ether oxygens (including phenoxy) is 1. The van der Waals surface area contributed by atoms with Crippen LogP contribution in [-0.2, 0) is 16.1 Å². The lowest BCUT2D eigenvalue weighted by molar-refractivity contribution is -0.123. The van der Waals surface area contributed by atoms with Gasteiger partial charge >= 0.3 is 12.0 Å². The minimum atomic E-state index is -0.633. The number of carbonyl (C=O) groups is 3. The zero-order valence-electron chi connectivity index (χ0n) is 13.1. The highest BCUT2D eigenvalue weighted by Gasteiger charge is 2.34. The van der Waals surface area contributed by atoms with E-state index in [4.69, 9.17) is 16.0 Å². The number of methoxy groups -OCH3 is 1. The number of furan rings is 1. The van der Waals surface area contributed by atoms with Crippen LogP contribution in [0.4, 0.5) is 4.79 Å². The number of nitrogens with one attached hydrogen (secondary N) is 1. The van der Waals surface area contributed by atoms with Crippen molar-refractivity contribution in [1.29, 1.82) is 0 Å². The number of imide groups is 1. The van der Waals surface area contributed by atoms with Crippen molar-refractivity contribution in [2.24, 2.45) is 0 Å². The molecule has 3 rings (SSSR count). The van der Waals surface area contributed by atoms with Crippen molar-refractivity contribution in [1.82, 2.24) is 10.2 Å². The minimum Gasteiger partial charge on any atom is -0.463 e. The maximum atomic E-state index is 12.4. The second-order valence-corrected chi connectivity index (χ2v) is 5.62. The van der Waals surface area contributed by atoms with Crippen molar-refractivity contribution in [2.75, 3.05) is 7.11 Å². The second kappa shape index (κ2) is 6.82. The molecule has 0 spiro atoms. The van der Waals surface area contributed by atoms with E-state index in [1.165, 1.54) is 19.2 Å². The lowest BCUT2D eigenvalue weighted by atomic mass is 10.2. The van der Waals surface area contributed by atoms with Crippen molar-refractivity contribution in [3.63, 3.8) is 0 Å². The van der Waals surface area contributed by atoms with Crippen molar-refractivity contribution >= 4 is 35.6 Å². The van der Waals surface area contributed by atoms with Crippen LogP contribution in [0, 0.1) is 0 Å². The average Bonchev–Trinajstić information content (AvgIpc) is 3.17. The smallest absolute Gasteiger partial charge is 0.373 e. The van der Waals surface area contributed by atoms with E-state index in [-0.39, 0.29) is 23.8 Å². The molecule has 0 aliphatic carbocycles. The Kier molecular flexibility index (Phi) is 4.58. The number of halogens is 1.